The number of hydrogen-bond donors (Lipinski definition) is 0. The van der Waals surface area contributed by atoms with Crippen LogP contribution in [0.1, 0.15) is 46.0 Å². The van der Waals surface area contributed by atoms with E-state index < -0.39 is 8.80 Å². The second-order valence-corrected chi connectivity index (χ2v) is 7.55. The van der Waals surface area contributed by atoms with E-state index in [1.54, 1.807) is 21.3 Å². The quantitative estimate of drug-likeness (QED) is 0.584. The summed E-state index contributed by atoms with van der Waals surface area (Å²) in [5.74, 6) is 0. The predicted octanol–water partition coefficient (Wildman–Crippen LogP) is 3.43. The monoisotopic (exact) mass is 247 g/mol. The lowest BCUT2D eigenvalue weighted by Crippen LogP contribution is -2.54. The SMILES string of the molecule is [CH2]CC(CC)(CCCC)[Si](OC)(OC)OC. The molecule has 0 aliphatic rings. The first-order valence-electron chi connectivity index (χ1n) is 6.06. The van der Waals surface area contributed by atoms with Crippen molar-refractivity contribution >= 4 is 8.80 Å². The highest BCUT2D eigenvalue weighted by Crippen LogP contribution is 2.49. The molecule has 0 N–H and O–H groups in total. The highest BCUT2D eigenvalue weighted by atomic mass is 28.4. The van der Waals surface area contributed by atoms with Crippen LogP contribution in [0.3, 0.4) is 0 Å². The summed E-state index contributed by atoms with van der Waals surface area (Å²) in [6, 6.07) is 0. The lowest BCUT2D eigenvalue weighted by atomic mass is 9.95. The van der Waals surface area contributed by atoms with E-state index in [4.69, 9.17) is 13.3 Å². The second-order valence-electron chi connectivity index (χ2n) is 4.16. The molecule has 0 spiro atoms. The highest BCUT2D eigenvalue weighted by Gasteiger charge is 2.56. The van der Waals surface area contributed by atoms with Crippen molar-refractivity contribution in [3.05, 3.63) is 6.92 Å². The fourth-order valence-corrected chi connectivity index (χ4v) is 5.44. The summed E-state index contributed by atoms with van der Waals surface area (Å²) in [6.07, 6.45) is 5.17. The van der Waals surface area contributed by atoms with E-state index in [0.717, 1.165) is 25.7 Å². The third kappa shape index (κ3) is 2.86. The minimum Gasteiger partial charge on any atom is -0.377 e. The van der Waals surface area contributed by atoms with E-state index in [2.05, 4.69) is 20.8 Å². The third-order valence-electron chi connectivity index (χ3n) is 3.62. The topological polar surface area (TPSA) is 27.7 Å². The van der Waals surface area contributed by atoms with Crippen LogP contribution in [0.4, 0.5) is 0 Å². The van der Waals surface area contributed by atoms with Crippen LogP contribution < -0.4 is 0 Å². The zero-order valence-corrected chi connectivity index (χ0v) is 12.5. The Balaban J connectivity index is 5.09. The van der Waals surface area contributed by atoms with Gasteiger partial charge in [-0.3, -0.25) is 0 Å². The number of unbranched alkanes of at least 4 members (excludes halogenated alkanes) is 1. The fourth-order valence-electron chi connectivity index (χ4n) is 2.42. The molecule has 0 aromatic rings. The average molecular weight is 247 g/mol. The van der Waals surface area contributed by atoms with Crippen molar-refractivity contribution in [1.82, 2.24) is 0 Å². The van der Waals surface area contributed by atoms with Gasteiger partial charge in [0, 0.05) is 26.4 Å². The van der Waals surface area contributed by atoms with Crippen molar-refractivity contribution in [3.8, 4) is 0 Å². The van der Waals surface area contributed by atoms with Gasteiger partial charge in [0.15, 0.2) is 0 Å². The lowest BCUT2D eigenvalue weighted by molar-refractivity contribution is 0.0832. The molecule has 0 rings (SSSR count). The molecular formula is C12H27O3Si. The Morgan fingerprint density at radius 3 is 1.81 bits per heavy atom. The maximum Gasteiger partial charge on any atom is 0.506 e. The van der Waals surface area contributed by atoms with Gasteiger partial charge in [-0.1, -0.05) is 33.6 Å². The first-order chi connectivity index (χ1) is 7.61. The Bertz CT molecular complexity index is 169. The molecule has 0 saturated carbocycles. The smallest absolute Gasteiger partial charge is 0.377 e. The maximum atomic E-state index is 5.64. The molecular weight excluding hydrogens is 220 g/mol. The van der Waals surface area contributed by atoms with Crippen molar-refractivity contribution in [2.75, 3.05) is 21.3 Å². The van der Waals surface area contributed by atoms with Gasteiger partial charge < -0.3 is 13.3 Å². The van der Waals surface area contributed by atoms with Gasteiger partial charge in [0.1, 0.15) is 0 Å². The van der Waals surface area contributed by atoms with Crippen LogP contribution in [0.5, 0.6) is 0 Å². The Labute approximate surface area is 102 Å². The molecule has 0 bridgehead atoms. The minimum absolute atomic E-state index is 0.0404. The lowest BCUT2D eigenvalue weighted by Gasteiger charge is -2.42. The molecule has 0 aliphatic heterocycles. The van der Waals surface area contributed by atoms with Crippen molar-refractivity contribution < 1.29 is 13.3 Å². The first-order valence-corrected chi connectivity index (χ1v) is 7.79. The van der Waals surface area contributed by atoms with Gasteiger partial charge in [-0.25, -0.2) is 0 Å². The molecule has 4 heteroatoms. The fraction of sp³-hybridized carbons (Fsp3) is 0.917. The van der Waals surface area contributed by atoms with E-state index in [9.17, 15) is 0 Å². The molecule has 0 saturated heterocycles. The molecule has 0 aliphatic carbocycles. The van der Waals surface area contributed by atoms with Crippen molar-refractivity contribution in [2.24, 2.45) is 0 Å². The van der Waals surface area contributed by atoms with Crippen molar-refractivity contribution in [3.63, 3.8) is 0 Å². The summed E-state index contributed by atoms with van der Waals surface area (Å²) in [5.41, 5.74) is 0. The highest BCUT2D eigenvalue weighted by molar-refractivity contribution is 6.64. The Morgan fingerprint density at radius 2 is 1.56 bits per heavy atom. The molecule has 0 aromatic heterocycles. The van der Waals surface area contributed by atoms with Crippen LogP contribution in [-0.4, -0.2) is 30.1 Å². The van der Waals surface area contributed by atoms with E-state index >= 15 is 0 Å². The van der Waals surface area contributed by atoms with Crippen LogP contribution in [0, 0.1) is 6.92 Å². The largest absolute Gasteiger partial charge is 0.506 e. The third-order valence-corrected chi connectivity index (χ3v) is 7.38. The van der Waals surface area contributed by atoms with Crippen LogP contribution in [0.2, 0.25) is 5.04 Å². The van der Waals surface area contributed by atoms with Gasteiger partial charge in [-0.05, 0) is 19.3 Å². The molecule has 0 amide bonds. The minimum atomic E-state index is -2.60. The van der Waals surface area contributed by atoms with E-state index in [1.165, 1.54) is 6.42 Å². The molecule has 97 valence electrons. The van der Waals surface area contributed by atoms with Gasteiger partial charge >= 0.3 is 8.80 Å². The van der Waals surface area contributed by atoms with Crippen LogP contribution in [0.15, 0.2) is 0 Å². The molecule has 1 atom stereocenters. The normalized spacial score (nSPS) is 13.1. The van der Waals surface area contributed by atoms with Crippen LogP contribution in [0.25, 0.3) is 0 Å². The number of hydrogen-bond acceptors (Lipinski definition) is 3. The summed E-state index contributed by atoms with van der Waals surface area (Å²) in [7, 11) is 2.46. The molecule has 1 unspecified atom stereocenters. The maximum absolute atomic E-state index is 5.64. The van der Waals surface area contributed by atoms with E-state index in [1.807, 2.05) is 0 Å². The van der Waals surface area contributed by atoms with E-state index in [0.29, 0.717) is 0 Å². The van der Waals surface area contributed by atoms with Gasteiger partial charge in [0.25, 0.3) is 0 Å². The zero-order valence-electron chi connectivity index (χ0n) is 11.5. The molecule has 1 radical (unpaired) electrons. The molecule has 0 aromatic carbocycles. The van der Waals surface area contributed by atoms with Gasteiger partial charge in [0.05, 0.1) is 0 Å². The van der Waals surface area contributed by atoms with Gasteiger partial charge in [-0.2, -0.15) is 0 Å². The Kier molecular flexibility index (Phi) is 7.47. The second kappa shape index (κ2) is 7.43. The summed E-state index contributed by atoms with van der Waals surface area (Å²) < 4.78 is 16.9. The number of rotatable bonds is 9. The average Bonchev–Trinajstić information content (AvgIpc) is 2.35. The van der Waals surface area contributed by atoms with E-state index in [-0.39, 0.29) is 5.04 Å². The van der Waals surface area contributed by atoms with Gasteiger partial charge in [-0.15, -0.1) is 0 Å². The van der Waals surface area contributed by atoms with Gasteiger partial charge in [0.2, 0.25) is 0 Å². The molecule has 16 heavy (non-hydrogen) atoms. The summed E-state index contributed by atoms with van der Waals surface area (Å²) >= 11 is 0. The standard InChI is InChI=1S/C12H27O3Si/c1-7-10-11-12(8-2,9-3)16(13-4,14-5)15-6/h2,7-11H2,1,3-6H3. The molecule has 0 fully saturated rings. The van der Waals surface area contributed by atoms with Crippen molar-refractivity contribution in [1.29, 1.82) is 0 Å². The summed E-state index contributed by atoms with van der Waals surface area (Å²) in [4.78, 5) is 0. The summed E-state index contributed by atoms with van der Waals surface area (Å²) in [5, 5.41) is -0.0404. The molecule has 0 heterocycles. The van der Waals surface area contributed by atoms with Crippen LogP contribution in [-0.2, 0) is 13.3 Å². The zero-order chi connectivity index (χ0) is 12.7. The summed E-state index contributed by atoms with van der Waals surface area (Å²) in [6.45, 7) is 8.45. The Hall–Kier alpha value is 0.0969. The Morgan fingerprint density at radius 1 is 1.06 bits per heavy atom. The predicted molar refractivity (Wildman–Crippen MR) is 69.3 cm³/mol. The molecule has 3 nitrogen and oxygen atoms in total. The van der Waals surface area contributed by atoms with Crippen LogP contribution >= 0.6 is 0 Å². The first kappa shape index (κ1) is 16.1. The van der Waals surface area contributed by atoms with Crippen molar-refractivity contribution in [2.45, 2.75) is 51.0 Å².